The molecular formula is C28H38N2O5. The first-order valence-corrected chi connectivity index (χ1v) is 12.6. The van der Waals surface area contributed by atoms with E-state index in [9.17, 15) is 4.79 Å². The Bertz CT molecular complexity index is 982. The van der Waals surface area contributed by atoms with Gasteiger partial charge < -0.3 is 23.8 Å². The first-order chi connectivity index (χ1) is 17.1. The molecule has 1 fully saturated rings. The summed E-state index contributed by atoms with van der Waals surface area (Å²) >= 11 is 0. The second kappa shape index (κ2) is 12.3. The van der Waals surface area contributed by atoms with E-state index in [0.717, 1.165) is 75.3 Å². The van der Waals surface area contributed by atoms with Crippen molar-refractivity contribution >= 4 is 5.91 Å². The molecular weight excluding hydrogens is 444 g/mol. The Morgan fingerprint density at radius 3 is 2.60 bits per heavy atom. The summed E-state index contributed by atoms with van der Waals surface area (Å²) < 4.78 is 23.1. The lowest BCUT2D eigenvalue weighted by Crippen LogP contribution is -2.51. The Labute approximate surface area is 208 Å². The van der Waals surface area contributed by atoms with Crippen molar-refractivity contribution in [3.8, 4) is 17.2 Å². The number of piperidine rings is 1. The van der Waals surface area contributed by atoms with Crippen LogP contribution in [0.25, 0.3) is 0 Å². The van der Waals surface area contributed by atoms with Gasteiger partial charge in [-0.1, -0.05) is 18.6 Å². The fourth-order valence-corrected chi connectivity index (χ4v) is 5.30. The lowest BCUT2D eigenvalue weighted by Gasteiger charge is -2.41. The third-order valence-corrected chi connectivity index (χ3v) is 7.17. The number of carbonyl (C=O) groups is 1. The molecule has 0 N–H and O–H groups in total. The van der Waals surface area contributed by atoms with Crippen LogP contribution in [0.2, 0.25) is 0 Å². The maximum absolute atomic E-state index is 13.6. The minimum Gasteiger partial charge on any atom is -0.497 e. The SMILES string of the molecule is COc1ccc(OC)c(CN2CCCC[C@H]3[C@@H](OC)CCCN3C(=O)c3ccccc3OCC2)c1. The van der Waals surface area contributed by atoms with Gasteiger partial charge in [-0.25, -0.2) is 0 Å². The maximum Gasteiger partial charge on any atom is 0.257 e. The fraction of sp³-hybridized carbons (Fsp3) is 0.536. The van der Waals surface area contributed by atoms with Crippen molar-refractivity contribution in [3.05, 3.63) is 53.6 Å². The predicted molar refractivity (Wildman–Crippen MR) is 135 cm³/mol. The molecule has 0 saturated carbocycles. The molecule has 2 atom stereocenters. The van der Waals surface area contributed by atoms with E-state index >= 15 is 0 Å². The van der Waals surface area contributed by atoms with Gasteiger partial charge in [-0.3, -0.25) is 9.69 Å². The van der Waals surface area contributed by atoms with Crippen LogP contribution >= 0.6 is 0 Å². The van der Waals surface area contributed by atoms with Crippen molar-refractivity contribution in [1.29, 1.82) is 0 Å². The molecule has 0 bridgehead atoms. The molecule has 7 nitrogen and oxygen atoms in total. The summed E-state index contributed by atoms with van der Waals surface area (Å²) in [6.07, 6.45) is 5.02. The number of para-hydroxylation sites is 1. The molecule has 2 aliphatic rings. The number of hydrogen-bond acceptors (Lipinski definition) is 6. The highest BCUT2D eigenvalue weighted by atomic mass is 16.5. The minimum atomic E-state index is 0.0459. The number of methoxy groups -OCH3 is 3. The van der Waals surface area contributed by atoms with Gasteiger partial charge in [-0.05, 0) is 62.6 Å². The van der Waals surface area contributed by atoms with Crippen molar-refractivity contribution in [2.75, 3.05) is 47.6 Å². The van der Waals surface area contributed by atoms with Gasteiger partial charge in [-0.15, -0.1) is 0 Å². The van der Waals surface area contributed by atoms with Crippen LogP contribution in [0.4, 0.5) is 0 Å². The number of hydrogen-bond donors (Lipinski definition) is 0. The van der Waals surface area contributed by atoms with Crippen LogP contribution in [-0.2, 0) is 11.3 Å². The molecule has 0 aliphatic carbocycles. The van der Waals surface area contributed by atoms with Gasteiger partial charge in [0, 0.05) is 32.3 Å². The average Bonchev–Trinajstić information content (AvgIpc) is 2.91. The van der Waals surface area contributed by atoms with E-state index in [-0.39, 0.29) is 18.1 Å². The second-order valence-electron chi connectivity index (χ2n) is 9.28. The Hall–Kier alpha value is -2.77. The van der Waals surface area contributed by atoms with Crippen LogP contribution in [0.15, 0.2) is 42.5 Å². The Morgan fingerprint density at radius 2 is 1.80 bits per heavy atom. The van der Waals surface area contributed by atoms with E-state index in [1.165, 1.54) is 0 Å². The molecule has 2 heterocycles. The highest BCUT2D eigenvalue weighted by Gasteiger charge is 2.35. The topological polar surface area (TPSA) is 60.5 Å². The molecule has 0 spiro atoms. The Morgan fingerprint density at radius 1 is 0.943 bits per heavy atom. The molecule has 4 rings (SSSR count). The zero-order valence-electron chi connectivity index (χ0n) is 21.2. The van der Waals surface area contributed by atoms with Gasteiger partial charge in [0.05, 0.1) is 31.9 Å². The van der Waals surface area contributed by atoms with E-state index in [1.54, 1.807) is 21.3 Å². The first kappa shape index (κ1) is 25.3. The average molecular weight is 483 g/mol. The minimum absolute atomic E-state index is 0.0459. The van der Waals surface area contributed by atoms with Gasteiger partial charge in [0.25, 0.3) is 5.91 Å². The van der Waals surface area contributed by atoms with E-state index in [0.29, 0.717) is 17.9 Å². The van der Waals surface area contributed by atoms with Gasteiger partial charge in [-0.2, -0.15) is 0 Å². The smallest absolute Gasteiger partial charge is 0.257 e. The monoisotopic (exact) mass is 482 g/mol. The Kier molecular flexibility index (Phi) is 8.88. The van der Waals surface area contributed by atoms with Crippen molar-refractivity contribution < 1.29 is 23.7 Å². The summed E-state index contributed by atoms with van der Waals surface area (Å²) in [6.45, 7) is 3.68. The molecule has 190 valence electrons. The van der Waals surface area contributed by atoms with Gasteiger partial charge in [0.15, 0.2) is 0 Å². The normalized spacial score (nSPS) is 22.0. The van der Waals surface area contributed by atoms with Gasteiger partial charge in [0.1, 0.15) is 23.9 Å². The van der Waals surface area contributed by atoms with E-state index in [1.807, 2.05) is 47.4 Å². The van der Waals surface area contributed by atoms with E-state index < -0.39 is 0 Å². The van der Waals surface area contributed by atoms with Crippen molar-refractivity contribution in [3.63, 3.8) is 0 Å². The quantitative estimate of drug-likeness (QED) is 0.630. The number of fused-ring (bicyclic) bond motifs is 2. The molecule has 1 saturated heterocycles. The number of rotatable bonds is 5. The predicted octanol–water partition coefficient (Wildman–Crippen LogP) is 4.39. The summed E-state index contributed by atoms with van der Waals surface area (Å²) in [5.74, 6) is 2.36. The lowest BCUT2D eigenvalue weighted by molar-refractivity contribution is -0.0155. The lowest BCUT2D eigenvalue weighted by atomic mass is 9.93. The molecule has 7 heteroatoms. The molecule has 0 aromatic heterocycles. The summed E-state index contributed by atoms with van der Waals surface area (Å²) in [4.78, 5) is 18.0. The number of ether oxygens (including phenoxy) is 4. The van der Waals surface area contributed by atoms with Crippen molar-refractivity contribution in [1.82, 2.24) is 9.80 Å². The Balaban J connectivity index is 1.57. The third-order valence-electron chi connectivity index (χ3n) is 7.17. The summed E-state index contributed by atoms with van der Waals surface area (Å²) in [7, 11) is 5.14. The third kappa shape index (κ3) is 6.08. The zero-order valence-corrected chi connectivity index (χ0v) is 21.2. The van der Waals surface area contributed by atoms with Gasteiger partial charge >= 0.3 is 0 Å². The molecule has 2 aromatic carbocycles. The number of amides is 1. The van der Waals surface area contributed by atoms with E-state index in [2.05, 4.69) is 4.90 Å². The van der Waals surface area contributed by atoms with Crippen molar-refractivity contribution in [2.24, 2.45) is 0 Å². The molecule has 35 heavy (non-hydrogen) atoms. The van der Waals surface area contributed by atoms with E-state index in [4.69, 9.17) is 18.9 Å². The summed E-state index contributed by atoms with van der Waals surface area (Å²) in [5, 5.41) is 0. The molecule has 1 amide bonds. The molecule has 0 unspecified atom stereocenters. The number of nitrogens with zero attached hydrogens (tertiary/aromatic N) is 2. The molecule has 2 aliphatic heterocycles. The fourth-order valence-electron chi connectivity index (χ4n) is 5.30. The second-order valence-corrected chi connectivity index (χ2v) is 9.28. The highest BCUT2D eigenvalue weighted by molar-refractivity contribution is 5.97. The number of benzene rings is 2. The summed E-state index contributed by atoms with van der Waals surface area (Å²) in [6, 6.07) is 13.6. The standard InChI is InChI=1S/C28H38N2O5/c1-32-22-13-14-25(33-2)21(19-22)20-29-15-7-6-10-24-27(34-3)12-8-16-30(24)28(31)23-9-4-5-11-26(23)35-18-17-29/h4-5,9,11,13-14,19,24,27H,6-8,10,12,15-18,20H2,1-3H3/t24-,27-/m0/s1. The van der Waals surface area contributed by atoms with Crippen LogP contribution in [0.3, 0.4) is 0 Å². The maximum atomic E-state index is 13.6. The van der Waals surface area contributed by atoms with Crippen LogP contribution < -0.4 is 14.2 Å². The van der Waals surface area contributed by atoms with Crippen LogP contribution in [0.5, 0.6) is 17.2 Å². The molecule has 2 aromatic rings. The van der Waals surface area contributed by atoms with Crippen molar-refractivity contribution in [2.45, 2.75) is 50.8 Å². The van der Waals surface area contributed by atoms with Gasteiger partial charge in [0.2, 0.25) is 0 Å². The highest BCUT2D eigenvalue weighted by Crippen LogP contribution is 2.30. The number of carbonyl (C=O) groups excluding carboxylic acids is 1. The largest absolute Gasteiger partial charge is 0.497 e. The van der Waals surface area contributed by atoms with Crippen LogP contribution in [0.1, 0.15) is 48.0 Å². The van der Waals surface area contributed by atoms with Crippen LogP contribution in [0, 0.1) is 0 Å². The first-order valence-electron chi connectivity index (χ1n) is 12.6. The molecule has 0 radical (unpaired) electrons. The zero-order chi connectivity index (χ0) is 24.6. The van der Waals surface area contributed by atoms with Crippen LogP contribution in [-0.4, -0.2) is 75.4 Å². The summed E-state index contributed by atoms with van der Waals surface area (Å²) in [5.41, 5.74) is 1.72.